The minimum absolute atomic E-state index is 0.0119. The molecule has 2 aromatic heterocycles. The van der Waals surface area contributed by atoms with Crippen LogP contribution in [0.5, 0.6) is 0 Å². The van der Waals surface area contributed by atoms with Gasteiger partial charge < -0.3 is 15.6 Å². The Morgan fingerprint density at radius 2 is 2.44 bits per heavy atom. The fraction of sp³-hybridized carbons (Fsp3) is 0.333. The van der Waals surface area contributed by atoms with Gasteiger partial charge in [0.15, 0.2) is 0 Å². The lowest BCUT2D eigenvalue weighted by molar-refractivity contribution is -0.129. The molecule has 1 amide bonds. The summed E-state index contributed by atoms with van der Waals surface area (Å²) in [6.07, 6.45) is 2.38. The third-order valence-electron chi connectivity index (χ3n) is 3.26. The summed E-state index contributed by atoms with van der Waals surface area (Å²) in [6, 6.07) is 3.45. The van der Waals surface area contributed by atoms with E-state index in [1.54, 1.807) is 11.1 Å². The van der Waals surface area contributed by atoms with Crippen molar-refractivity contribution in [1.82, 2.24) is 14.9 Å². The van der Waals surface area contributed by atoms with E-state index in [0.29, 0.717) is 18.2 Å². The maximum absolute atomic E-state index is 11.7. The normalized spacial score (nSPS) is 20.0. The molecule has 0 unspecified atom stereocenters. The number of aromatic nitrogens is 2. The van der Waals surface area contributed by atoms with Gasteiger partial charge in [0.2, 0.25) is 5.91 Å². The molecular formula is C12H13ClN4O. The molecule has 1 fully saturated rings. The minimum Gasteiger partial charge on any atom is -0.357 e. The number of H-pyrrole nitrogens is 1. The molecule has 6 heteroatoms. The second-order valence-electron chi connectivity index (χ2n) is 4.51. The third kappa shape index (κ3) is 1.85. The molecule has 0 radical (unpaired) electrons. The first-order valence-electron chi connectivity index (χ1n) is 5.81. The van der Waals surface area contributed by atoms with Gasteiger partial charge in [-0.3, -0.25) is 4.79 Å². The van der Waals surface area contributed by atoms with Crippen molar-refractivity contribution in [3.05, 3.63) is 29.2 Å². The molecule has 94 valence electrons. The maximum Gasteiger partial charge on any atom is 0.239 e. The van der Waals surface area contributed by atoms with E-state index in [2.05, 4.69) is 9.97 Å². The Balaban J connectivity index is 1.87. The number of carbonyl (C=O) groups is 1. The second kappa shape index (κ2) is 4.26. The number of nitrogens with one attached hydrogen (secondary N) is 1. The summed E-state index contributed by atoms with van der Waals surface area (Å²) in [5.41, 5.74) is 7.57. The van der Waals surface area contributed by atoms with Crippen LogP contribution < -0.4 is 5.73 Å². The number of fused-ring (bicyclic) bond motifs is 1. The van der Waals surface area contributed by atoms with Gasteiger partial charge in [-0.15, -0.1) is 0 Å². The molecule has 1 aliphatic rings. The number of likely N-dealkylation sites (tertiary alicyclic amines) is 1. The Bertz CT molecular complexity index is 609. The number of hydrogen-bond donors (Lipinski definition) is 2. The lowest BCUT2D eigenvalue weighted by Crippen LogP contribution is -2.33. The SMILES string of the molecule is N[C@H]1CCN(Cc2cc3c(Cl)nccc3[nH]2)C1=O. The predicted octanol–water partition coefficient (Wildman–Crippen LogP) is 1.28. The summed E-state index contributed by atoms with van der Waals surface area (Å²) in [4.78, 5) is 20.8. The number of nitrogens with two attached hydrogens (primary N) is 1. The summed E-state index contributed by atoms with van der Waals surface area (Å²) in [7, 11) is 0. The molecule has 1 saturated heterocycles. The van der Waals surface area contributed by atoms with Gasteiger partial charge in [-0.2, -0.15) is 0 Å². The number of carbonyl (C=O) groups excluding carboxylic acids is 1. The van der Waals surface area contributed by atoms with E-state index in [-0.39, 0.29) is 11.9 Å². The van der Waals surface area contributed by atoms with Crippen molar-refractivity contribution in [2.75, 3.05) is 6.54 Å². The summed E-state index contributed by atoms with van der Waals surface area (Å²) in [5, 5.41) is 1.35. The Morgan fingerprint density at radius 1 is 1.61 bits per heavy atom. The van der Waals surface area contributed by atoms with E-state index in [1.807, 2.05) is 12.1 Å². The lowest BCUT2D eigenvalue weighted by atomic mass is 10.3. The van der Waals surface area contributed by atoms with Gasteiger partial charge >= 0.3 is 0 Å². The molecule has 2 aromatic rings. The fourth-order valence-electron chi connectivity index (χ4n) is 2.29. The van der Waals surface area contributed by atoms with Crippen molar-refractivity contribution in [1.29, 1.82) is 0 Å². The summed E-state index contributed by atoms with van der Waals surface area (Å²) in [6.45, 7) is 1.25. The minimum atomic E-state index is -0.348. The number of pyridine rings is 1. The molecule has 18 heavy (non-hydrogen) atoms. The molecule has 5 nitrogen and oxygen atoms in total. The van der Waals surface area contributed by atoms with Crippen LogP contribution in [0.3, 0.4) is 0 Å². The standard InChI is InChI=1S/C12H13ClN4O/c13-11-8-5-7(16-10(8)1-3-15-11)6-17-4-2-9(14)12(17)18/h1,3,5,9,16H,2,4,6,14H2/t9-/m0/s1. The van der Waals surface area contributed by atoms with E-state index in [9.17, 15) is 4.79 Å². The van der Waals surface area contributed by atoms with Crippen molar-refractivity contribution >= 4 is 28.4 Å². The molecule has 0 spiro atoms. The average Bonchev–Trinajstić information content (AvgIpc) is 2.89. The van der Waals surface area contributed by atoms with Gasteiger partial charge in [0.05, 0.1) is 18.1 Å². The van der Waals surface area contributed by atoms with Crippen molar-refractivity contribution in [2.24, 2.45) is 5.73 Å². The van der Waals surface area contributed by atoms with Crippen LogP contribution in [-0.4, -0.2) is 33.4 Å². The number of rotatable bonds is 2. The van der Waals surface area contributed by atoms with Gasteiger partial charge in [-0.05, 0) is 18.6 Å². The maximum atomic E-state index is 11.7. The third-order valence-corrected chi connectivity index (χ3v) is 3.56. The highest BCUT2D eigenvalue weighted by molar-refractivity contribution is 6.34. The Labute approximate surface area is 109 Å². The average molecular weight is 265 g/mol. The zero-order chi connectivity index (χ0) is 12.7. The van der Waals surface area contributed by atoms with Gasteiger partial charge in [0.1, 0.15) is 5.15 Å². The van der Waals surface area contributed by atoms with Crippen LogP contribution in [0.25, 0.3) is 10.9 Å². The Morgan fingerprint density at radius 3 is 3.11 bits per heavy atom. The smallest absolute Gasteiger partial charge is 0.239 e. The zero-order valence-corrected chi connectivity index (χ0v) is 10.4. The first kappa shape index (κ1) is 11.5. The molecular weight excluding hydrogens is 252 g/mol. The highest BCUT2D eigenvalue weighted by Crippen LogP contribution is 2.23. The largest absolute Gasteiger partial charge is 0.357 e. The van der Waals surface area contributed by atoms with Crippen molar-refractivity contribution in [3.8, 4) is 0 Å². The predicted molar refractivity (Wildman–Crippen MR) is 69.1 cm³/mol. The zero-order valence-electron chi connectivity index (χ0n) is 9.69. The summed E-state index contributed by atoms with van der Waals surface area (Å²) >= 11 is 6.01. The van der Waals surface area contributed by atoms with Crippen LogP contribution in [0, 0.1) is 0 Å². The first-order valence-corrected chi connectivity index (χ1v) is 6.19. The number of halogens is 1. The summed E-state index contributed by atoms with van der Waals surface area (Å²) in [5.74, 6) is 0.0119. The molecule has 1 atom stereocenters. The van der Waals surface area contributed by atoms with Gasteiger partial charge in [0.25, 0.3) is 0 Å². The highest BCUT2D eigenvalue weighted by atomic mass is 35.5. The van der Waals surface area contributed by atoms with Gasteiger partial charge in [-0.1, -0.05) is 11.6 Å². The van der Waals surface area contributed by atoms with Crippen molar-refractivity contribution < 1.29 is 4.79 Å². The van der Waals surface area contributed by atoms with E-state index in [1.165, 1.54) is 0 Å². The molecule has 0 saturated carbocycles. The first-order chi connectivity index (χ1) is 8.65. The lowest BCUT2D eigenvalue weighted by Gasteiger charge is -2.14. The monoisotopic (exact) mass is 264 g/mol. The van der Waals surface area contributed by atoms with Crippen LogP contribution in [0.2, 0.25) is 5.15 Å². The van der Waals surface area contributed by atoms with Crippen LogP contribution in [0.15, 0.2) is 18.3 Å². The van der Waals surface area contributed by atoms with Gasteiger partial charge in [0, 0.05) is 23.8 Å². The molecule has 0 aliphatic carbocycles. The van der Waals surface area contributed by atoms with Crippen LogP contribution in [0.1, 0.15) is 12.1 Å². The van der Waals surface area contributed by atoms with Crippen molar-refractivity contribution in [2.45, 2.75) is 19.0 Å². The van der Waals surface area contributed by atoms with E-state index < -0.39 is 0 Å². The molecule has 3 N–H and O–H groups in total. The topological polar surface area (TPSA) is 75.0 Å². The van der Waals surface area contributed by atoms with Gasteiger partial charge in [-0.25, -0.2) is 4.98 Å². The van der Waals surface area contributed by atoms with E-state index in [0.717, 1.165) is 23.0 Å². The molecule has 0 aromatic carbocycles. The Kier molecular flexibility index (Phi) is 2.72. The highest BCUT2D eigenvalue weighted by Gasteiger charge is 2.28. The molecule has 1 aliphatic heterocycles. The number of aromatic amines is 1. The fourth-order valence-corrected chi connectivity index (χ4v) is 2.50. The molecule has 3 rings (SSSR count). The number of nitrogens with zero attached hydrogens (tertiary/aromatic N) is 2. The van der Waals surface area contributed by atoms with Crippen LogP contribution >= 0.6 is 11.6 Å². The molecule has 3 heterocycles. The van der Waals surface area contributed by atoms with E-state index in [4.69, 9.17) is 17.3 Å². The molecule has 0 bridgehead atoms. The number of hydrogen-bond acceptors (Lipinski definition) is 3. The van der Waals surface area contributed by atoms with Crippen LogP contribution in [-0.2, 0) is 11.3 Å². The van der Waals surface area contributed by atoms with E-state index >= 15 is 0 Å². The second-order valence-corrected chi connectivity index (χ2v) is 4.87. The summed E-state index contributed by atoms with van der Waals surface area (Å²) < 4.78 is 0. The number of amides is 1. The van der Waals surface area contributed by atoms with Crippen LogP contribution in [0.4, 0.5) is 0 Å². The quantitative estimate of drug-likeness (QED) is 0.803. The van der Waals surface area contributed by atoms with Crippen molar-refractivity contribution in [3.63, 3.8) is 0 Å². The Hall–Kier alpha value is -1.59.